The Morgan fingerprint density at radius 1 is 0.900 bits per heavy atom. The van der Waals surface area contributed by atoms with E-state index in [-0.39, 0.29) is 23.3 Å². The summed E-state index contributed by atoms with van der Waals surface area (Å²) in [6.07, 6.45) is 0. The highest BCUT2D eigenvalue weighted by Crippen LogP contribution is 2.26. The molecule has 0 unspecified atom stereocenters. The highest BCUT2D eigenvalue weighted by Gasteiger charge is 2.32. The highest BCUT2D eigenvalue weighted by atomic mass is 32.2. The van der Waals surface area contributed by atoms with Gasteiger partial charge < -0.3 is 15.0 Å². The zero-order valence-electron chi connectivity index (χ0n) is 24.0. The number of aryl methyl sites for hydroxylation is 2. The third-order valence-electron chi connectivity index (χ3n) is 6.54. The third-order valence-corrected chi connectivity index (χ3v) is 8.32. The first-order valence-electron chi connectivity index (χ1n) is 13.3. The van der Waals surface area contributed by atoms with Gasteiger partial charge in [0, 0.05) is 13.1 Å². The molecule has 0 aromatic heterocycles. The van der Waals surface area contributed by atoms with Crippen molar-refractivity contribution in [1.82, 2.24) is 10.2 Å². The SMILES string of the molecule is COc1ccc(S(=O)(=O)N(CC(=O)N(Cc2cccc(C)c2)[C@@H](C)C(=O)NCC(C)C)c2ccc(C)cc2)cc1. The van der Waals surface area contributed by atoms with Gasteiger partial charge in [0.05, 0.1) is 17.7 Å². The van der Waals surface area contributed by atoms with Gasteiger partial charge in [-0.3, -0.25) is 13.9 Å². The van der Waals surface area contributed by atoms with Crippen molar-refractivity contribution >= 4 is 27.5 Å². The summed E-state index contributed by atoms with van der Waals surface area (Å²) >= 11 is 0. The Kier molecular flexibility index (Phi) is 10.3. The molecule has 214 valence electrons. The first kappa shape index (κ1) is 30.7. The van der Waals surface area contributed by atoms with Crippen LogP contribution in [0.15, 0.2) is 77.7 Å². The fraction of sp³-hybridized carbons (Fsp3) is 0.355. The summed E-state index contributed by atoms with van der Waals surface area (Å²) in [5, 5.41) is 2.90. The normalized spacial score (nSPS) is 12.1. The van der Waals surface area contributed by atoms with Crippen molar-refractivity contribution in [3.8, 4) is 5.75 Å². The molecule has 40 heavy (non-hydrogen) atoms. The number of amides is 2. The zero-order valence-corrected chi connectivity index (χ0v) is 24.9. The van der Waals surface area contributed by atoms with Crippen LogP contribution < -0.4 is 14.4 Å². The molecule has 2 amide bonds. The molecule has 0 spiro atoms. The van der Waals surface area contributed by atoms with Gasteiger partial charge >= 0.3 is 0 Å². The molecule has 0 heterocycles. The number of methoxy groups -OCH3 is 1. The lowest BCUT2D eigenvalue weighted by Gasteiger charge is -2.32. The van der Waals surface area contributed by atoms with E-state index >= 15 is 0 Å². The Labute approximate surface area is 238 Å². The van der Waals surface area contributed by atoms with Gasteiger partial charge in [-0.05, 0) is 68.7 Å². The number of carbonyl (C=O) groups is 2. The van der Waals surface area contributed by atoms with E-state index in [2.05, 4.69) is 5.32 Å². The molecule has 0 bridgehead atoms. The molecule has 1 atom stereocenters. The quantitative estimate of drug-likeness (QED) is 0.344. The Morgan fingerprint density at radius 3 is 2.12 bits per heavy atom. The van der Waals surface area contributed by atoms with Gasteiger partial charge in [0.15, 0.2) is 0 Å². The molecule has 0 fully saturated rings. The molecule has 9 heteroatoms. The summed E-state index contributed by atoms with van der Waals surface area (Å²) in [4.78, 5) is 28.5. The Hall–Kier alpha value is -3.85. The average molecular weight is 566 g/mol. The fourth-order valence-electron chi connectivity index (χ4n) is 4.16. The highest BCUT2D eigenvalue weighted by molar-refractivity contribution is 7.92. The second-order valence-electron chi connectivity index (χ2n) is 10.3. The Morgan fingerprint density at radius 2 is 1.55 bits per heavy atom. The zero-order chi connectivity index (χ0) is 29.4. The van der Waals surface area contributed by atoms with Gasteiger partial charge in [-0.1, -0.05) is 61.4 Å². The maximum atomic E-state index is 14.0. The Bertz CT molecular complexity index is 1400. The van der Waals surface area contributed by atoms with Gasteiger partial charge in [0.2, 0.25) is 11.8 Å². The fourth-order valence-corrected chi connectivity index (χ4v) is 5.57. The number of sulfonamides is 1. The molecule has 0 radical (unpaired) electrons. The Balaban J connectivity index is 2.01. The molecular weight excluding hydrogens is 526 g/mol. The van der Waals surface area contributed by atoms with Gasteiger partial charge in [-0.25, -0.2) is 8.42 Å². The molecule has 3 aromatic rings. The van der Waals surface area contributed by atoms with E-state index in [9.17, 15) is 18.0 Å². The summed E-state index contributed by atoms with van der Waals surface area (Å²) in [7, 11) is -2.64. The molecule has 0 aliphatic carbocycles. The van der Waals surface area contributed by atoms with Crippen LogP contribution in [0.4, 0.5) is 5.69 Å². The summed E-state index contributed by atoms with van der Waals surface area (Å²) in [5.74, 6) is -0.0350. The minimum absolute atomic E-state index is 0.0228. The van der Waals surface area contributed by atoms with Crippen LogP contribution in [0.25, 0.3) is 0 Å². The van der Waals surface area contributed by atoms with Crippen molar-refractivity contribution in [2.75, 3.05) is 24.5 Å². The summed E-state index contributed by atoms with van der Waals surface area (Å²) in [6.45, 7) is 9.64. The number of anilines is 1. The number of rotatable bonds is 12. The largest absolute Gasteiger partial charge is 0.497 e. The molecule has 0 aliphatic heterocycles. The van der Waals surface area contributed by atoms with Crippen molar-refractivity contribution < 1.29 is 22.7 Å². The second-order valence-corrected chi connectivity index (χ2v) is 12.2. The first-order valence-corrected chi connectivity index (χ1v) is 14.7. The molecule has 0 aliphatic rings. The van der Waals surface area contributed by atoms with Crippen molar-refractivity contribution in [3.05, 3.63) is 89.5 Å². The molecule has 1 N–H and O–H groups in total. The molecule has 0 saturated heterocycles. The van der Waals surface area contributed by atoms with Gasteiger partial charge in [-0.2, -0.15) is 0 Å². The number of nitrogens with one attached hydrogen (secondary N) is 1. The van der Waals surface area contributed by atoms with Crippen LogP contribution in [0.3, 0.4) is 0 Å². The predicted molar refractivity (Wildman–Crippen MR) is 158 cm³/mol. The van der Waals surface area contributed by atoms with Crippen molar-refractivity contribution in [2.45, 2.75) is 52.1 Å². The summed E-state index contributed by atoms with van der Waals surface area (Å²) in [6, 6.07) is 19.8. The first-order chi connectivity index (χ1) is 18.9. The lowest BCUT2D eigenvalue weighted by molar-refractivity contribution is -0.139. The maximum Gasteiger partial charge on any atom is 0.264 e. The van der Waals surface area contributed by atoms with Crippen LogP contribution in [-0.4, -0.2) is 51.4 Å². The van der Waals surface area contributed by atoms with E-state index in [4.69, 9.17) is 4.74 Å². The van der Waals surface area contributed by atoms with Crippen molar-refractivity contribution in [3.63, 3.8) is 0 Å². The third kappa shape index (κ3) is 7.85. The van der Waals surface area contributed by atoms with E-state index in [1.807, 2.05) is 52.0 Å². The van der Waals surface area contributed by atoms with Crippen molar-refractivity contribution in [1.29, 1.82) is 0 Å². The van der Waals surface area contributed by atoms with Crippen LogP contribution in [0.2, 0.25) is 0 Å². The number of ether oxygens (including phenoxy) is 1. The molecule has 3 aromatic carbocycles. The van der Waals surface area contributed by atoms with E-state index in [0.717, 1.165) is 21.0 Å². The number of hydrogen-bond donors (Lipinski definition) is 1. The maximum absolute atomic E-state index is 14.0. The van der Waals surface area contributed by atoms with Gasteiger partial charge in [0.1, 0.15) is 18.3 Å². The summed E-state index contributed by atoms with van der Waals surface area (Å²) in [5.41, 5.74) is 3.16. The molecule has 3 rings (SSSR count). The van der Waals surface area contributed by atoms with Crippen molar-refractivity contribution in [2.24, 2.45) is 5.92 Å². The van der Waals surface area contributed by atoms with Crippen LogP contribution in [-0.2, 0) is 26.2 Å². The molecular formula is C31H39N3O5S. The monoisotopic (exact) mass is 565 g/mol. The minimum Gasteiger partial charge on any atom is -0.497 e. The number of carbonyl (C=O) groups excluding carboxylic acids is 2. The van der Waals surface area contributed by atoms with E-state index in [1.165, 1.54) is 24.1 Å². The lowest BCUT2D eigenvalue weighted by atomic mass is 10.1. The summed E-state index contributed by atoms with van der Waals surface area (Å²) < 4.78 is 34.1. The van der Waals surface area contributed by atoms with E-state index in [0.29, 0.717) is 18.0 Å². The predicted octanol–water partition coefficient (Wildman–Crippen LogP) is 4.70. The second kappa shape index (κ2) is 13.5. The van der Waals surface area contributed by atoms with E-state index < -0.39 is 28.5 Å². The smallest absolute Gasteiger partial charge is 0.264 e. The molecule has 8 nitrogen and oxygen atoms in total. The molecule has 0 saturated carbocycles. The lowest BCUT2D eigenvalue weighted by Crippen LogP contribution is -2.51. The van der Waals surface area contributed by atoms with Crippen LogP contribution in [0.1, 0.15) is 37.5 Å². The van der Waals surface area contributed by atoms with Crippen LogP contribution in [0.5, 0.6) is 5.75 Å². The number of nitrogens with zero attached hydrogens (tertiary/aromatic N) is 2. The average Bonchev–Trinajstić information content (AvgIpc) is 2.93. The standard InChI is InChI=1S/C31H39N3O5S/c1-22(2)19-32-31(36)25(5)33(20-26-9-7-8-24(4)18-26)30(35)21-34(27-12-10-23(3)11-13-27)40(37,38)29-16-14-28(39-6)15-17-29/h7-18,22,25H,19-21H2,1-6H3,(H,32,36)/t25-/m0/s1. The van der Waals surface area contributed by atoms with Crippen LogP contribution in [0, 0.1) is 19.8 Å². The minimum atomic E-state index is -4.14. The topological polar surface area (TPSA) is 96.0 Å². The van der Waals surface area contributed by atoms with Crippen LogP contribution >= 0.6 is 0 Å². The van der Waals surface area contributed by atoms with Gasteiger partial charge in [0.25, 0.3) is 10.0 Å². The number of hydrogen-bond acceptors (Lipinski definition) is 5. The van der Waals surface area contributed by atoms with Gasteiger partial charge in [-0.15, -0.1) is 0 Å². The van der Waals surface area contributed by atoms with E-state index in [1.54, 1.807) is 43.3 Å². The number of benzene rings is 3.